The van der Waals surface area contributed by atoms with Crippen molar-refractivity contribution >= 4 is 27.5 Å². The molecule has 1 amide bonds. The minimum absolute atomic E-state index is 0.298. The number of amides is 1. The van der Waals surface area contributed by atoms with E-state index in [-0.39, 0.29) is 9.92 Å². The van der Waals surface area contributed by atoms with Gasteiger partial charge in [0.1, 0.15) is 12.4 Å². The molecule has 0 radical (unpaired) electrons. The Bertz CT molecular complexity index is 534. The SMILES string of the molecule is NC(=O)CONS(=O)(=O)c1ccc(F)c(Cl)c1. The topological polar surface area (TPSA) is 98.5 Å². The first-order valence-corrected chi connectivity index (χ1v) is 6.06. The maximum Gasteiger partial charge on any atom is 0.262 e. The predicted molar refractivity (Wildman–Crippen MR) is 56.9 cm³/mol. The van der Waals surface area contributed by atoms with Gasteiger partial charge in [-0.05, 0) is 18.2 Å². The molecule has 1 rings (SSSR count). The Labute approximate surface area is 102 Å². The summed E-state index contributed by atoms with van der Waals surface area (Å²) in [5, 5.41) is -0.345. The third-order valence-electron chi connectivity index (χ3n) is 1.58. The van der Waals surface area contributed by atoms with E-state index < -0.39 is 28.4 Å². The molecule has 6 nitrogen and oxygen atoms in total. The third-order valence-corrected chi connectivity index (χ3v) is 3.09. The Morgan fingerprint density at radius 1 is 1.53 bits per heavy atom. The van der Waals surface area contributed by atoms with Crippen molar-refractivity contribution in [2.75, 3.05) is 6.61 Å². The zero-order chi connectivity index (χ0) is 13.1. The lowest BCUT2D eigenvalue weighted by Crippen LogP contribution is -2.29. The van der Waals surface area contributed by atoms with Crippen LogP contribution in [-0.2, 0) is 19.7 Å². The summed E-state index contributed by atoms with van der Waals surface area (Å²) in [6.07, 6.45) is 0. The summed E-state index contributed by atoms with van der Waals surface area (Å²) in [7, 11) is -4.03. The molecule has 0 fully saturated rings. The summed E-state index contributed by atoms with van der Waals surface area (Å²) in [6.45, 7) is -0.617. The smallest absolute Gasteiger partial charge is 0.262 e. The van der Waals surface area contributed by atoms with Gasteiger partial charge in [-0.1, -0.05) is 16.5 Å². The van der Waals surface area contributed by atoms with Crippen molar-refractivity contribution in [1.29, 1.82) is 0 Å². The molecule has 94 valence electrons. The molecule has 0 heterocycles. The van der Waals surface area contributed by atoms with E-state index in [4.69, 9.17) is 17.3 Å². The molecule has 0 saturated heterocycles. The summed E-state index contributed by atoms with van der Waals surface area (Å²) in [6, 6.07) is 2.80. The molecule has 0 aromatic heterocycles. The zero-order valence-electron chi connectivity index (χ0n) is 8.31. The summed E-state index contributed by atoms with van der Waals surface area (Å²) in [4.78, 5) is 16.0. The van der Waals surface area contributed by atoms with Gasteiger partial charge in [-0.2, -0.15) is 0 Å². The maximum atomic E-state index is 12.8. The maximum absolute atomic E-state index is 12.8. The molecule has 0 unspecified atom stereocenters. The second kappa shape index (κ2) is 5.41. The standard InChI is InChI=1S/C8H8ClFN2O4S/c9-6-3-5(1-2-7(6)10)17(14,15)12-16-4-8(11)13/h1-3,12H,4H2,(H2,11,13). The minimum atomic E-state index is -4.03. The summed E-state index contributed by atoms with van der Waals surface area (Å²) in [5.74, 6) is -1.59. The van der Waals surface area contributed by atoms with Gasteiger partial charge in [0.05, 0.1) is 9.92 Å². The highest BCUT2D eigenvalue weighted by atomic mass is 35.5. The Morgan fingerprint density at radius 3 is 2.71 bits per heavy atom. The lowest BCUT2D eigenvalue weighted by molar-refractivity contribution is -0.123. The molecule has 0 spiro atoms. The van der Waals surface area contributed by atoms with Gasteiger partial charge in [-0.15, -0.1) is 0 Å². The van der Waals surface area contributed by atoms with Crippen LogP contribution in [0.15, 0.2) is 23.1 Å². The van der Waals surface area contributed by atoms with Gasteiger partial charge in [0.2, 0.25) is 5.91 Å². The highest BCUT2D eigenvalue weighted by Gasteiger charge is 2.16. The second-order valence-electron chi connectivity index (χ2n) is 2.92. The highest BCUT2D eigenvalue weighted by molar-refractivity contribution is 7.89. The molecule has 0 aliphatic heterocycles. The van der Waals surface area contributed by atoms with Crippen molar-refractivity contribution in [3.8, 4) is 0 Å². The largest absolute Gasteiger partial charge is 0.368 e. The molecule has 0 aliphatic carbocycles. The quantitative estimate of drug-likeness (QED) is 0.752. The number of sulfonamides is 1. The van der Waals surface area contributed by atoms with E-state index in [1.54, 1.807) is 4.89 Å². The average molecular weight is 283 g/mol. The average Bonchev–Trinajstić information content (AvgIpc) is 2.21. The zero-order valence-corrected chi connectivity index (χ0v) is 9.89. The van der Waals surface area contributed by atoms with Gasteiger partial charge >= 0.3 is 0 Å². The molecule has 0 aliphatic rings. The Kier molecular flexibility index (Phi) is 4.40. The first-order chi connectivity index (χ1) is 7.83. The lowest BCUT2D eigenvalue weighted by atomic mass is 10.3. The van der Waals surface area contributed by atoms with Crippen molar-refractivity contribution in [3.05, 3.63) is 29.0 Å². The van der Waals surface area contributed by atoms with Crippen LogP contribution in [0.1, 0.15) is 0 Å². The summed E-state index contributed by atoms with van der Waals surface area (Å²) < 4.78 is 35.8. The Morgan fingerprint density at radius 2 is 2.18 bits per heavy atom. The molecule has 1 aromatic rings. The van der Waals surface area contributed by atoms with Crippen LogP contribution < -0.4 is 10.6 Å². The van der Waals surface area contributed by atoms with E-state index in [9.17, 15) is 17.6 Å². The van der Waals surface area contributed by atoms with Gasteiger partial charge in [-0.3, -0.25) is 9.63 Å². The molecule has 9 heteroatoms. The van der Waals surface area contributed by atoms with Crippen LogP contribution >= 0.6 is 11.6 Å². The van der Waals surface area contributed by atoms with E-state index in [2.05, 4.69) is 4.84 Å². The fraction of sp³-hybridized carbons (Fsp3) is 0.125. The van der Waals surface area contributed by atoms with Crippen molar-refractivity contribution in [2.45, 2.75) is 4.90 Å². The number of primary amides is 1. The fourth-order valence-corrected chi connectivity index (χ4v) is 1.95. The van der Waals surface area contributed by atoms with Crippen molar-refractivity contribution in [2.24, 2.45) is 5.73 Å². The van der Waals surface area contributed by atoms with E-state index in [0.29, 0.717) is 0 Å². The summed E-state index contributed by atoms with van der Waals surface area (Å²) >= 11 is 5.42. The lowest BCUT2D eigenvalue weighted by Gasteiger charge is -2.06. The minimum Gasteiger partial charge on any atom is -0.368 e. The van der Waals surface area contributed by atoms with E-state index in [0.717, 1.165) is 18.2 Å². The number of carbonyl (C=O) groups is 1. The number of hydrogen-bond donors (Lipinski definition) is 2. The van der Waals surface area contributed by atoms with E-state index in [1.165, 1.54) is 0 Å². The molecule has 17 heavy (non-hydrogen) atoms. The van der Waals surface area contributed by atoms with Crippen LogP contribution in [0.4, 0.5) is 4.39 Å². The highest BCUT2D eigenvalue weighted by Crippen LogP contribution is 2.19. The van der Waals surface area contributed by atoms with Gasteiger partial charge in [0.25, 0.3) is 10.0 Å². The monoisotopic (exact) mass is 282 g/mol. The predicted octanol–water partition coefficient (Wildman–Crippen LogP) is 0.174. The van der Waals surface area contributed by atoms with E-state index >= 15 is 0 Å². The molecule has 1 aromatic carbocycles. The van der Waals surface area contributed by atoms with Crippen molar-refractivity contribution in [1.82, 2.24) is 4.89 Å². The van der Waals surface area contributed by atoms with Crippen molar-refractivity contribution in [3.63, 3.8) is 0 Å². The van der Waals surface area contributed by atoms with Gasteiger partial charge in [-0.25, -0.2) is 12.8 Å². The molecule has 3 N–H and O–H groups in total. The first-order valence-electron chi connectivity index (χ1n) is 4.20. The van der Waals surface area contributed by atoms with Crippen LogP contribution in [0.5, 0.6) is 0 Å². The molecule has 0 atom stereocenters. The number of hydrogen-bond acceptors (Lipinski definition) is 4. The van der Waals surface area contributed by atoms with E-state index in [1.807, 2.05) is 0 Å². The molecule has 0 saturated carbocycles. The Hall–Kier alpha value is -1.22. The number of nitrogens with one attached hydrogen (secondary N) is 1. The third kappa shape index (κ3) is 3.93. The van der Waals surface area contributed by atoms with Gasteiger partial charge < -0.3 is 5.73 Å². The van der Waals surface area contributed by atoms with Crippen LogP contribution in [0.2, 0.25) is 5.02 Å². The number of halogens is 2. The van der Waals surface area contributed by atoms with Crippen LogP contribution in [-0.4, -0.2) is 20.9 Å². The normalized spacial score (nSPS) is 11.4. The number of benzene rings is 1. The number of nitrogens with two attached hydrogens (primary N) is 1. The fourth-order valence-electron chi connectivity index (χ4n) is 0.870. The van der Waals surface area contributed by atoms with Gasteiger partial charge in [0, 0.05) is 0 Å². The molecular formula is C8H8ClFN2O4S. The number of rotatable bonds is 5. The second-order valence-corrected chi connectivity index (χ2v) is 4.97. The van der Waals surface area contributed by atoms with Gasteiger partial charge in [0.15, 0.2) is 0 Å². The molecular weight excluding hydrogens is 275 g/mol. The molecule has 0 bridgehead atoms. The van der Waals surface area contributed by atoms with Crippen LogP contribution in [0.3, 0.4) is 0 Å². The van der Waals surface area contributed by atoms with Crippen molar-refractivity contribution < 1.29 is 22.4 Å². The van der Waals surface area contributed by atoms with Crippen LogP contribution in [0, 0.1) is 5.82 Å². The number of carbonyl (C=O) groups excluding carboxylic acids is 1. The van der Waals surface area contributed by atoms with Crippen LogP contribution in [0.25, 0.3) is 0 Å². The summed E-state index contributed by atoms with van der Waals surface area (Å²) in [5.41, 5.74) is 4.74. The first kappa shape index (κ1) is 13.8. The Balaban J connectivity index is 2.82.